The van der Waals surface area contributed by atoms with E-state index in [9.17, 15) is 22.4 Å². The van der Waals surface area contributed by atoms with Gasteiger partial charge in [0, 0.05) is 18.1 Å². The second-order valence-electron chi connectivity index (χ2n) is 8.43. The van der Waals surface area contributed by atoms with Crippen LogP contribution in [0.1, 0.15) is 32.8 Å². The Bertz CT molecular complexity index is 1110. The molecule has 34 heavy (non-hydrogen) atoms. The number of hydrogen-bond acceptors (Lipinski definition) is 4. The first kappa shape index (κ1) is 27.6. The van der Waals surface area contributed by atoms with E-state index < -0.39 is 34.3 Å². The first-order chi connectivity index (χ1) is 15.9. The zero-order chi connectivity index (χ0) is 25.5. The molecule has 1 N–H and O–H groups in total. The molecule has 0 saturated carbocycles. The highest BCUT2D eigenvalue weighted by atomic mass is 35.5. The molecule has 1 atom stereocenters. The van der Waals surface area contributed by atoms with Gasteiger partial charge in [0.15, 0.2) is 0 Å². The Morgan fingerprint density at radius 2 is 1.79 bits per heavy atom. The van der Waals surface area contributed by atoms with Crippen molar-refractivity contribution in [3.05, 3.63) is 64.9 Å². The van der Waals surface area contributed by atoms with Gasteiger partial charge in [-0.25, -0.2) is 12.8 Å². The molecule has 0 fully saturated rings. The molecule has 0 saturated heterocycles. The Hall–Kier alpha value is -2.65. The molecule has 2 rings (SSSR count). The van der Waals surface area contributed by atoms with Crippen LogP contribution in [0.4, 0.5) is 10.1 Å². The number of sulfonamides is 1. The molecule has 0 aromatic heterocycles. The highest BCUT2D eigenvalue weighted by Gasteiger charge is 2.32. The number of hydrogen-bond donors (Lipinski definition) is 1. The maximum Gasteiger partial charge on any atom is 0.244 e. The van der Waals surface area contributed by atoms with E-state index in [0.717, 1.165) is 16.6 Å². The van der Waals surface area contributed by atoms with E-state index in [4.69, 9.17) is 11.6 Å². The van der Waals surface area contributed by atoms with E-state index in [1.54, 1.807) is 31.2 Å². The Morgan fingerprint density at radius 1 is 1.12 bits per heavy atom. The highest BCUT2D eigenvalue weighted by Crippen LogP contribution is 2.22. The van der Waals surface area contributed by atoms with Gasteiger partial charge < -0.3 is 10.2 Å². The van der Waals surface area contributed by atoms with Crippen LogP contribution in [0.15, 0.2) is 48.5 Å². The van der Waals surface area contributed by atoms with Crippen LogP contribution in [0.5, 0.6) is 0 Å². The van der Waals surface area contributed by atoms with Crippen molar-refractivity contribution in [2.24, 2.45) is 5.92 Å². The summed E-state index contributed by atoms with van der Waals surface area (Å²) in [6, 6.07) is 11.1. The standard InChI is InChI=1S/C24H31ClFN3O4S/c1-5-22(24(31)27-14-17(2)3)28(15-18-9-6-7-12-21(18)25)23(30)16-29(34(4,32)33)20-11-8-10-19(26)13-20/h6-13,17,22H,5,14-16H2,1-4H3,(H,27,31)/t22-/m0/s1. The number of nitrogens with zero attached hydrogens (tertiary/aromatic N) is 2. The van der Waals surface area contributed by atoms with Crippen LogP contribution >= 0.6 is 11.6 Å². The molecule has 0 unspecified atom stereocenters. The average Bonchev–Trinajstić information content (AvgIpc) is 2.76. The Kier molecular flexibility index (Phi) is 9.88. The third kappa shape index (κ3) is 7.70. The second kappa shape index (κ2) is 12.2. The molecular weight excluding hydrogens is 481 g/mol. The van der Waals surface area contributed by atoms with E-state index in [2.05, 4.69) is 5.32 Å². The van der Waals surface area contributed by atoms with Crippen molar-refractivity contribution < 1.29 is 22.4 Å². The number of nitrogens with one attached hydrogen (secondary N) is 1. The summed E-state index contributed by atoms with van der Waals surface area (Å²) in [7, 11) is -3.93. The third-order valence-electron chi connectivity index (χ3n) is 5.14. The second-order valence-corrected chi connectivity index (χ2v) is 10.7. The smallest absolute Gasteiger partial charge is 0.244 e. The number of halogens is 2. The van der Waals surface area contributed by atoms with Gasteiger partial charge in [-0.2, -0.15) is 0 Å². The largest absolute Gasteiger partial charge is 0.354 e. The summed E-state index contributed by atoms with van der Waals surface area (Å²) in [5.41, 5.74) is 0.634. The number of benzene rings is 2. The quantitative estimate of drug-likeness (QED) is 0.497. The van der Waals surface area contributed by atoms with Gasteiger partial charge >= 0.3 is 0 Å². The van der Waals surface area contributed by atoms with Crippen LogP contribution in [0.2, 0.25) is 5.02 Å². The number of carbonyl (C=O) groups is 2. The molecule has 0 spiro atoms. The van der Waals surface area contributed by atoms with Gasteiger partial charge in [-0.3, -0.25) is 13.9 Å². The number of anilines is 1. The zero-order valence-electron chi connectivity index (χ0n) is 19.8. The summed E-state index contributed by atoms with van der Waals surface area (Å²) in [6.07, 6.45) is 1.25. The van der Waals surface area contributed by atoms with Crippen molar-refractivity contribution in [1.29, 1.82) is 0 Å². The fourth-order valence-corrected chi connectivity index (χ4v) is 4.43. The number of amides is 2. The molecule has 0 aliphatic carbocycles. The van der Waals surface area contributed by atoms with E-state index in [1.807, 2.05) is 13.8 Å². The summed E-state index contributed by atoms with van der Waals surface area (Å²) in [6.45, 7) is 5.52. The van der Waals surface area contributed by atoms with Crippen molar-refractivity contribution in [2.45, 2.75) is 39.8 Å². The summed E-state index contributed by atoms with van der Waals surface area (Å²) in [5, 5.41) is 3.26. The predicted octanol–water partition coefficient (Wildman–Crippen LogP) is 3.82. The van der Waals surface area contributed by atoms with Crippen LogP contribution in [0, 0.1) is 11.7 Å². The lowest BCUT2D eigenvalue weighted by molar-refractivity contribution is -0.140. The van der Waals surface area contributed by atoms with Crippen LogP contribution in [0.3, 0.4) is 0 Å². The Balaban J connectivity index is 2.43. The van der Waals surface area contributed by atoms with Gasteiger partial charge in [-0.05, 0) is 42.2 Å². The highest BCUT2D eigenvalue weighted by molar-refractivity contribution is 7.92. The summed E-state index contributed by atoms with van der Waals surface area (Å²) in [5.74, 6) is -1.37. The van der Waals surface area contributed by atoms with Gasteiger partial charge in [0.05, 0.1) is 11.9 Å². The van der Waals surface area contributed by atoms with E-state index in [-0.39, 0.29) is 24.1 Å². The molecule has 0 aliphatic heterocycles. The van der Waals surface area contributed by atoms with Crippen LogP contribution in [0.25, 0.3) is 0 Å². The zero-order valence-corrected chi connectivity index (χ0v) is 21.4. The summed E-state index contributed by atoms with van der Waals surface area (Å²) < 4.78 is 39.6. The fraction of sp³-hybridized carbons (Fsp3) is 0.417. The average molecular weight is 512 g/mol. The molecule has 0 aliphatic rings. The topological polar surface area (TPSA) is 86.8 Å². The molecular formula is C24H31ClFN3O4S. The maximum absolute atomic E-state index is 13.8. The monoisotopic (exact) mass is 511 g/mol. The van der Waals surface area contributed by atoms with Crippen molar-refractivity contribution >= 4 is 39.1 Å². The molecule has 2 amide bonds. The first-order valence-corrected chi connectivity index (χ1v) is 13.2. The molecule has 186 valence electrons. The minimum Gasteiger partial charge on any atom is -0.354 e. The van der Waals surface area contributed by atoms with Crippen molar-refractivity contribution in [3.63, 3.8) is 0 Å². The number of carbonyl (C=O) groups excluding carboxylic acids is 2. The minimum absolute atomic E-state index is 0.00681. The van der Waals surface area contributed by atoms with Crippen molar-refractivity contribution in [2.75, 3.05) is 23.7 Å². The lowest BCUT2D eigenvalue weighted by Gasteiger charge is -2.33. The third-order valence-corrected chi connectivity index (χ3v) is 6.65. The normalized spacial score (nSPS) is 12.3. The summed E-state index contributed by atoms with van der Waals surface area (Å²) in [4.78, 5) is 27.8. The van der Waals surface area contributed by atoms with Crippen LogP contribution in [-0.2, 0) is 26.2 Å². The lowest BCUT2D eigenvalue weighted by atomic mass is 10.1. The van der Waals surface area contributed by atoms with Gasteiger partial charge in [-0.1, -0.05) is 56.6 Å². The van der Waals surface area contributed by atoms with E-state index >= 15 is 0 Å². The van der Waals surface area contributed by atoms with Crippen LogP contribution < -0.4 is 9.62 Å². The van der Waals surface area contributed by atoms with Crippen molar-refractivity contribution in [1.82, 2.24) is 10.2 Å². The SMILES string of the molecule is CC[C@@H](C(=O)NCC(C)C)N(Cc1ccccc1Cl)C(=O)CN(c1cccc(F)c1)S(C)(=O)=O. The number of rotatable bonds is 11. The Morgan fingerprint density at radius 3 is 2.35 bits per heavy atom. The Labute approximate surface area is 205 Å². The molecule has 0 bridgehead atoms. The summed E-state index contributed by atoms with van der Waals surface area (Å²) >= 11 is 6.31. The van der Waals surface area contributed by atoms with Gasteiger partial charge in [-0.15, -0.1) is 0 Å². The molecule has 0 heterocycles. The fourth-order valence-electron chi connectivity index (χ4n) is 3.40. The maximum atomic E-state index is 13.8. The van der Waals surface area contributed by atoms with E-state index in [1.165, 1.54) is 23.1 Å². The van der Waals surface area contributed by atoms with Crippen molar-refractivity contribution in [3.8, 4) is 0 Å². The van der Waals surface area contributed by atoms with E-state index in [0.29, 0.717) is 23.6 Å². The van der Waals surface area contributed by atoms with Crippen LogP contribution in [-0.4, -0.2) is 50.5 Å². The first-order valence-electron chi connectivity index (χ1n) is 11.0. The molecule has 2 aromatic rings. The molecule has 0 radical (unpaired) electrons. The molecule has 7 nitrogen and oxygen atoms in total. The van der Waals surface area contributed by atoms with Gasteiger partial charge in [0.1, 0.15) is 18.4 Å². The lowest BCUT2D eigenvalue weighted by Crippen LogP contribution is -2.52. The molecule has 10 heteroatoms. The predicted molar refractivity (Wildman–Crippen MR) is 133 cm³/mol. The minimum atomic E-state index is -3.93. The van der Waals surface area contributed by atoms with Gasteiger partial charge in [0.25, 0.3) is 0 Å². The molecule has 2 aromatic carbocycles. The van der Waals surface area contributed by atoms with Gasteiger partial charge in [0.2, 0.25) is 21.8 Å².